The minimum atomic E-state index is -0.581. The SMILES string of the molecule is CCC(CCN)CCC(=O)NC(C)C(=O)OC. The Morgan fingerprint density at radius 2 is 2.00 bits per heavy atom. The van der Waals surface area contributed by atoms with Crippen LogP contribution in [0, 0.1) is 5.92 Å². The second-order valence-electron chi connectivity index (χ2n) is 4.20. The molecule has 5 nitrogen and oxygen atoms in total. The van der Waals surface area contributed by atoms with Gasteiger partial charge < -0.3 is 15.8 Å². The first-order chi connectivity index (χ1) is 8.04. The molecular weight excluding hydrogens is 220 g/mol. The molecule has 0 aliphatic heterocycles. The van der Waals surface area contributed by atoms with Crippen molar-refractivity contribution in [2.75, 3.05) is 13.7 Å². The Kier molecular flexibility index (Phi) is 8.40. The minimum Gasteiger partial charge on any atom is -0.467 e. The lowest BCUT2D eigenvalue weighted by molar-refractivity contribution is -0.144. The number of methoxy groups -OCH3 is 1. The zero-order valence-electron chi connectivity index (χ0n) is 11.0. The number of carbonyl (C=O) groups excluding carboxylic acids is 2. The van der Waals surface area contributed by atoms with Gasteiger partial charge in [0.1, 0.15) is 6.04 Å². The van der Waals surface area contributed by atoms with Gasteiger partial charge in [-0.1, -0.05) is 13.3 Å². The van der Waals surface area contributed by atoms with E-state index in [1.165, 1.54) is 7.11 Å². The van der Waals surface area contributed by atoms with Gasteiger partial charge in [-0.2, -0.15) is 0 Å². The molecule has 0 saturated carbocycles. The molecule has 2 unspecified atom stereocenters. The summed E-state index contributed by atoms with van der Waals surface area (Å²) in [4.78, 5) is 22.6. The van der Waals surface area contributed by atoms with Crippen molar-refractivity contribution in [1.82, 2.24) is 5.32 Å². The number of hydrogen-bond donors (Lipinski definition) is 2. The van der Waals surface area contributed by atoms with Crippen LogP contribution >= 0.6 is 0 Å². The molecule has 100 valence electrons. The summed E-state index contributed by atoms with van der Waals surface area (Å²) < 4.78 is 4.53. The summed E-state index contributed by atoms with van der Waals surface area (Å²) in [6, 6.07) is -0.581. The number of nitrogens with two attached hydrogens (primary N) is 1. The van der Waals surface area contributed by atoms with Crippen LogP contribution in [-0.2, 0) is 14.3 Å². The van der Waals surface area contributed by atoms with Crippen LogP contribution in [0.15, 0.2) is 0 Å². The molecule has 0 bridgehead atoms. The van der Waals surface area contributed by atoms with E-state index in [0.29, 0.717) is 18.9 Å². The van der Waals surface area contributed by atoms with Gasteiger partial charge in [0, 0.05) is 6.42 Å². The lowest BCUT2D eigenvalue weighted by Gasteiger charge is -2.15. The third-order valence-corrected chi connectivity index (χ3v) is 2.86. The van der Waals surface area contributed by atoms with Crippen molar-refractivity contribution in [3.05, 3.63) is 0 Å². The van der Waals surface area contributed by atoms with E-state index in [-0.39, 0.29) is 5.91 Å². The maximum Gasteiger partial charge on any atom is 0.328 e. The van der Waals surface area contributed by atoms with E-state index < -0.39 is 12.0 Å². The predicted molar refractivity (Wildman–Crippen MR) is 66.3 cm³/mol. The molecule has 0 spiro atoms. The molecular formula is C12H24N2O3. The van der Waals surface area contributed by atoms with Crippen molar-refractivity contribution in [3.8, 4) is 0 Å². The fraction of sp³-hybridized carbons (Fsp3) is 0.833. The third kappa shape index (κ3) is 6.94. The van der Waals surface area contributed by atoms with Gasteiger partial charge in [-0.3, -0.25) is 4.79 Å². The summed E-state index contributed by atoms with van der Waals surface area (Å²) in [5, 5.41) is 2.61. The van der Waals surface area contributed by atoms with Crippen molar-refractivity contribution in [2.24, 2.45) is 11.7 Å². The fourth-order valence-corrected chi connectivity index (χ4v) is 1.67. The van der Waals surface area contributed by atoms with Gasteiger partial charge >= 0.3 is 5.97 Å². The summed E-state index contributed by atoms with van der Waals surface area (Å²) in [7, 11) is 1.30. The molecule has 0 heterocycles. The van der Waals surface area contributed by atoms with Crippen LogP contribution in [0.2, 0.25) is 0 Å². The molecule has 0 radical (unpaired) electrons. The number of amides is 1. The van der Waals surface area contributed by atoms with Crippen LogP contribution in [0.3, 0.4) is 0 Å². The van der Waals surface area contributed by atoms with Crippen molar-refractivity contribution >= 4 is 11.9 Å². The Morgan fingerprint density at radius 3 is 2.47 bits per heavy atom. The smallest absolute Gasteiger partial charge is 0.328 e. The van der Waals surface area contributed by atoms with Crippen LogP contribution in [0.4, 0.5) is 0 Å². The molecule has 17 heavy (non-hydrogen) atoms. The standard InChI is InChI=1S/C12H24N2O3/c1-4-10(7-8-13)5-6-11(15)14-9(2)12(16)17-3/h9-10H,4-8,13H2,1-3H3,(H,14,15). The van der Waals surface area contributed by atoms with E-state index in [0.717, 1.165) is 19.3 Å². The summed E-state index contributed by atoms with van der Waals surface area (Å²) in [6.45, 7) is 4.36. The van der Waals surface area contributed by atoms with Crippen LogP contribution < -0.4 is 11.1 Å². The second kappa shape index (κ2) is 8.98. The fourth-order valence-electron chi connectivity index (χ4n) is 1.67. The molecule has 0 saturated heterocycles. The maximum absolute atomic E-state index is 11.5. The highest BCUT2D eigenvalue weighted by Crippen LogP contribution is 2.14. The van der Waals surface area contributed by atoms with Gasteiger partial charge in [0.15, 0.2) is 0 Å². The third-order valence-electron chi connectivity index (χ3n) is 2.86. The van der Waals surface area contributed by atoms with Crippen LogP contribution in [0.25, 0.3) is 0 Å². The monoisotopic (exact) mass is 244 g/mol. The zero-order chi connectivity index (χ0) is 13.3. The zero-order valence-corrected chi connectivity index (χ0v) is 11.0. The summed E-state index contributed by atoms with van der Waals surface area (Å²) in [5.74, 6) is -0.0510. The van der Waals surface area contributed by atoms with E-state index in [1.807, 2.05) is 0 Å². The van der Waals surface area contributed by atoms with Gasteiger partial charge in [0.2, 0.25) is 5.91 Å². The predicted octanol–water partition coefficient (Wildman–Crippen LogP) is 0.819. The summed E-state index contributed by atoms with van der Waals surface area (Å²) >= 11 is 0. The molecule has 0 aliphatic carbocycles. The highest BCUT2D eigenvalue weighted by Gasteiger charge is 2.16. The Balaban J connectivity index is 3.89. The maximum atomic E-state index is 11.5. The van der Waals surface area contributed by atoms with E-state index in [4.69, 9.17) is 5.73 Å². The molecule has 0 aromatic heterocycles. The molecule has 5 heteroatoms. The molecule has 3 N–H and O–H groups in total. The van der Waals surface area contributed by atoms with E-state index >= 15 is 0 Å². The van der Waals surface area contributed by atoms with Gasteiger partial charge in [0.05, 0.1) is 7.11 Å². The van der Waals surface area contributed by atoms with Gasteiger partial charge in [0.25, 0.3) is 0 Å². The molecule has 0 aromatic carbocycles. The lowest BCUT2D eigenvalue weighted by atomic mass is 9.96. The normalized spacial score (nSPS) is 13.9. The van der Waals surface area contributed by atoms with E-state index in [9.17, 15) is 9.59 Å². The van der Waals surface area contributed by atoms with E-state index in [1.54, 1.807) is 6.92 Å². The largest absolute Gasteiger partial charge is 0.467 e. The summed E-state index contributed by atoms with van der Waals surface area (Å²) in [5.41, 5.74) is 5.49. The van der Waals surface area contributed by atoms with Crippen molar-refractivity contribution < 1.29 is 14.3 Å². The van der Waals surface area contributed by atoms with Crippen molar-refractivity contribution in [3.63, 3.8) is 0 Å². The van der Waals surface area contributed by atoms with Crippen LogP contribution in [0.5, 0.6) is 0 Å². The van der Waals surface area contributed by atoms with E-state index in [2.05, 4.69) is 17.0 Å². The first-order valence-corrected chi connectivity index (χ1v) is 6.12. The topological polar surface area (TPSA) is 81.4 Å². The second-order valence-corrected chi connectivity index (χ2v) is 4.20. The minimum absolute atomic E-state index is 0.113. The van der Waals surface area contributed by atoms with Crippen LogP contribution in [0.1, 0.15) is 39.5 Å². The first kappa shape index (κ1) is 15.9. The number of esters is 1. The molecule has 0 aromatic rings. The molecule has 0 aliphatic rings. The molecule has 2 atom stereocenters. The average molecular weight is 244 g/mol. The Bertz CT molecular complexity index is 244. The van der Waals surface area contributed by atoms with Crippen molar-refractivity contribution in [1.29, 1.82) is 0 Å². The molecule has 1 amide bonds. The quantitative estimate of drug-likeness (QED) is 0.619. The number of nitrogens with one attached hydrogen (secondary N) is 1. The number of hydrogen-bond acceptors (Lipinski definition) is 4. The Morgan fingerprint density at radius 1 is 1.35 bits per heavy atom. The van der Waals surface area contributed by atoms with Gasteiger partial charge in [-0.15, -0.1) is 0 Å². The highest BCUT2D eigenvalue weighted by molar-refractivity contribution is 5.83. The first-order valence-electron chi connectivity index (χ1n) is 6.12. The Hall–Kier alpha value is -1.10. The number of rotatable bonds is 8. The molecule has 0 rings (SSSR count). The lowest BCUT2D eigenvalue weighted by Crippen LogP contribution is -2.39. The average Bonchev–Trinajstić information content (AvgIpc) is 2.33. The highest BCUT2D eigenvalue weighted by atomic mass is 16.5. The molecule has 0 fully saturated rings. The van der Waals surface area contributed by atoms with Crippen molar-refractivity contribution in [2.45, 2.75) is 45.6 Å². The van der Waals surface area contributed by atoms with Crippen LogP contribution in [-0.4, -0.2) is 31.6 Å². The number of ether oxygens (including phenoxy) is 1. The van der Waals surface area contributed by atoms with Gasteiger partial charge in [-0.25, -0.2) is 4.79 Å². The van der Waals surface area contributed by atoms with Gasteiger partial charge in [-0.05, 0) is 32.2 Å². The number of carbonyl (C=O) groups is 2. The summed E-state index contributed by atoms with van der Waals surface area (Å²) in [6.07, 6.45) is 3.21. The Labute approximate surface area is 103 Å².